The first kappa shape index (κ1) is 12.4. The molecule has 0 fully saturated rings. The highest BCUT2D eigenvalue weighted by atomic mass is 32.1. The fraction of sp³-hybridized carbons (Fsp3) is 0. The lowest BCUT2D eigenvalue weighted by molar-refractivity contribution is -0.112. The van der Waals surface area contributed by atoms with Gasteiger partial charge in [0.2, 0.25) is 0 Å². The van der Waals surface area contributed by atoms with E-state index >= 15 is 0 Å². The molecule has 0 aliphatic carbocycles. The lowest BCUT2D eigenvalue weighted by Gasteiger charge is -1.93. The van der Waals surface area contributed by atoms with Gasteiger partial charge in [-0.05, 0) is 29.7 Å². The average Bonchev–Trinajstić information content (AvgIpc) is 3.18. The third-order valence-electron chi connectivity index (χ3n) is 2.33. The fourth-order valence-corrected chi connectivity index (χ4v) is 2.08. The number of rotatable bonds is 4. The van der Waals surface area contributed by atoms with Gasteiger partial charge in [0.1, 0.15) is 0 Å². The predicted octanol–water partition coefficient (Wildman–Crippen LogP) is 3.04. The van der Waals surface area contributed by atoms with Gasteiger partial charge in [0.15, 0.2) is 5.76 Å². The maximum absolute atomic E-state index is 11.7. The summed E-state index contributed by atoms with van der Waals surface area (Å²) in [7, 11) is 0. The smallest absolute Gasteiger partial charge is 0.322 e. The Hall–Kier alpha value is -2.67. The number of furan rings is 1. The van der Waals surface area contributed by atoms with Crippen LogP contribution in [0.2, 0.25) is 0 Å². The molecule has 0 saturated heterocycles. The molecule has 0 saturated carbocycles. The lowest BCUT2D eigenvalue weighted by Crippen LogP contribution is -2.07. The normalized spacial score (nSPS) is 11.0. The van der Waals surface area contributed by atoms with Gasteiger partial charge in [-0.25, -0.2) is 0 Å². The van der Waals surface area contributed by atoms with Crippen molar-refractivity contribution in [3.63, 3.8) is 0 Å². The molecular formula is C13H9N3O3S. The minimum atomic E-state index is -0.340. The summed E-state index contributed by atoms with van der Waals surface area (Å²) in [5, 5.41) is 11.9. The van der Waals surface area contributed by atoms with Crippen LogP contribution in [-0.2, 0) is 4.79 Å². The Labute approximate surface area is 117 Å². The molecule has 0 atom stereocenters. The van der Waals surface area contributed by atoms with E-state index in [2.05, 4.69) is 15.5 Å². The standard InChI is InChI=1S/C13H9N3O3S/c17-11(6-5-9-3-2-8-20-9)14-13-16-15-12(19-13)10-4-1-7-18-10/h1-8H,(H,14,16,17)/b6-5+. The molecule has 3 aromatic rings. The highest BCUT2D eigenvalue weighted by Gasteiger charge is 2.11. The van der Waals surface area contributed by atoms with Crippen LogP contribution in [-0.4, -0.2) is 16.1 Å². The monoisotopic (exact) mass is 287 g/mol. The van der Waals surface area contributed by atoms with Crippen molar-refractivity contribution in [2.45, 2.75) is 0 Å². The van der Waals surface area contributed by atoms with E-state index in [1.807, 2.05) is 17.5 Å². The van der Waals surface area contributed by atoms with E-state index in [-0.39, 0.29) is 17.8 Å². The van der Waals surface area contributed by atoms with Crippen molar-refractivity contribution in [1.29, 1.82) is 0 Å². The molecule has 100 valence electrons. The molecule has 3 heterocycles. The van der Waals surface area contributed by atoms with Gasteiger partial charge in [0.25, 0.3) is 11.8 Å². The predicted molar refractivity (Wildman–Crippen MR) is 74.0 cm³/mol. The number of nitrogens with one attached hydrogen (secondary N) is 1. The van der Waals surface area contributed by atoms with Crippen LogP contribution in [0.4, 0.5) is 6.01 Å². The van der Waals surface area contributed by atoms with Crippen LogP contribution in [0.5, 0.6) is 0 Å². The van der Waals surface area contributed by atoms with Crippen molar-refractivity contribution < 1.29 is 13.6 Å². The van der Waals surface area contributed by atoms with E-state index < -0.39 is 0 Å². The molecule has 0 unspecified atom stereocenters. The molecule has 0 aromatic carbocycles. The quantitative estimate of drug-likeness (QED) is 0.746. The molecule has 20 heavy (non-hydrogen) atoms. The Kier molecular flexibility index (Phi) is 3.42. The zero-order valence-electron chi connectivity index (χ0n) is 10.1. The number of thiophene rings is 1. The summed E-state index contributed by atoms with van der Waals surface area (Å²) in [5.41, 5.74) is 0. The SMILES string of the molecule is O=C(/C=C/c1cccs1)Nc1nnc(-c2ccco2)o1. The van der Waals surface area contributed by atoms with Gasteiger partial charge < -0.3 is 8.83 Å². The fourth-order valence-electron chi connectivity index (χ4n) is 1.46. The Morgan fingerprint density at radius 3 is 3.00 bits per heavy atom. The van der Waals surface area contributed by atoms with Gasteiger partial charge in [-0.2, -0.15) is 0 Å². The lowest BCUT2D eigenvalue weighted by atomic mass is 10.4. The number of carbonyl (C=O) groups is 1. The molecular weight excluding hydrogens is 278 g/mol. The average molecular weight is 287 g/mol. The molecule has 0 aliphatic heterocycles. The number of aromatic nitrogens is 2. The maximum Gasteiger partial charge on any atom is 0.322 e. The van der Waals surface area contributed by atoms with Crippen LogP contribution in [0.15, 0.2) is 50.8 Å². The maximum atomic E-state index is 11.7. The van der Waals surface area contributed by atoms with Crippen molar-refractivity contribution in [2.75, 3.05) is 5.32 Å². The van der Waals surface area contributed by atoms with E-state index in [1.165, 1.54) is 12.3 Å². The second-order valence-electron chi connectivity index (χ2n) is 3.73. The van der Waals surface area contributed by atoms with Crippen LogP contribution in [0.25, 0.3) is 17.7 Å². The minimum absolute atomic E-state index is 0.0252. The van der Waals surface area contributed by atoms with Crippen LogP contribution >= 0.6 is 11.3 Å². The zero-order valence-corrected chi connectivity index (χ0v) is 11.0. The topological polar surface area (TPSA) is 81.2 Å². The Bertz CT molecular complexity index is 714. The van der Waals surface area contributed by atoms with Crippen LogP contribution in [0, 0.1) is 0 Å². The summed E-state index contributed by atoms with van der Waals surface area (Å²) in [6, 6.07) is 7.25. The zero-order chi connectivity index (χ0) is 13.8. The number of anilines is 1. The molecule has 3 aromatic heterocycles. The number of hydrogen-bond acceptors (Lipinski definition) is 6. The number of carbonyl (C=O) groups excluding carboxylic acids is 1. The van der Waals surface area contributed by atoms with Gasteiger partial charge in [-0.3, -0.25) is 10.1 Å². The van der Waals surface area contributed by atoms with E-state index in [1.54, 1.807) is 29.5 Å². The highest BCUT2D eigenvalue weighted by Crippen LogP contribution is 2.19. The molecule has 0 bridgehead atoms. The molecule has 0 spiro atoms. The summed E-state index contributed by atoms with van der Waals surface area (Å²) < 4.78 is 10.4. The number of hydrogen-bond donors (Lipinski definition) is 1. The summed E-state index contributed by atoms with van der Waals surface area (Å²) >= 11 is 1.54. The molecule has 3 rings (SSSR count). The van der Waals surface area contributed by atoms with Crippen LogP contribution < -0.4 is 5.32 Å². The first-order chi connectivity index (χ1) is 9.81. The van der Waals surface area contributed by atoms with E-state index in [9.17, 15) is 4.79 Å². The Morgan fingerprint density at radius 1 is 1.30 bits per heavy atom. The van der Waals surface area contributed by atoms with E-state index in [4.69, 9.17) is 8.83 Å². The third-order valence-corrected chi connectivity index (χ3v) is 3.17. The number of nitrogens with zero attached hydrogens (tertiary/aromatic N) is 2. The van der Waals surface area contributed by atoms with Gasteiger partial charge in [-0.1, -0.05) is 11.2 Å². The second-order valence-corrected chi connectivity index (χ2v) is 4.71. The van der Waals surface area contributed by atoms with Gasteiger partial charge >= 0.3 is 6.01 Å². The highest BCUT2D eigenvalue weighted by molar-refractivity contribution is 7.10. The van der Waals surface area contributed by atoms with Gasteiger partial charge in [0.05, 0.1) is 6.26 Å². The van der Waals surface area contributed by atoms with Crippen molar-refractivity contribution in [2.24, 2.45) is 0 Å². The van der Waals surface area contributed by atoms with Gasteiger partial charge in [0, 0.05) is 11.0 Å². The molecule has 7 heteroatoms. The summed E-state index contributed by atoms with van der Waals surface area (Å²) in [6.45, 7) is 0. The number of amides is 1. The van der Waals surface area contributed by atoms with Crippen LogP contribution in [0.3, 0.4) is 0 Å². The Morgan fingerprint density at radius 2 is 2.25 bits per heavy atom. The van der Waals surface area contributed by atoms with E-state index in [0.29, 0.717) is 5.76 Å². The summed E-state index contributed by atoms with van der Waals surface area (Å²) in [4.78, 5) is 12.6. The third kappa shape index (κ3) is 2.83. The molecule has 1 amide bonds. The van der Waals surface area contributed by atoms with Crippen molar-refractivity contribution in [3.8, 4) is 11.7 Å². The first-order valence-electron chi connectivity index (χ1n) is 5.71. The Balaban J connectivity index is 1.65. The molecule has 6 nitrogen and oxygen atoms in total. The van der Waals surface area contributed by atoms with Crippen molar-refractivity contribution in [3.05, 3.63) is 46.9 Å². The van der Waals surface area contributed by atoms with Crippen molar-refractivity contribution in [1.82, 2.24) is 10.2 Å². The summed E-state index contributed by atoms with van der Waals surface area (Å²) in [6.07, 6.45) is 4.62. The summed E-state index contributed by atoms with van der Waals surface area (Å²) in [5.74, 6) is 0.327. The first-order valence-corrected chi connectivity index (χ1v) is 6.59. The van der Waals surface area contributed by atoms with E-state index in [0.717, 1.165) is 4.88 Å². The van der Waals surface area contributed by atoms with Crippen molar-refractivity contribution >= 4 is 29.3 Å². The largest absolute Gasteiger partial charge is 0.459 e. The van der Waals surface area contributed by atoms with Gasteiger partial charge in [-0.15, -0.1) is 16.4 Å². The van der Waals surface area contributed by atoms with Crippen LogP contribution in [0.1, 0.15) is 4.88 Å². The minimum Gasteiger partial charge on any atom is -0.459 e. The molecule has 0 radical (unpaired) electrons. The molecule has 0 aliphatic rings. The second kappa shape index (κ2) is 5.54. The molecule has 1 N–H and O–H groups in total.